The van der Waals surface area contributed by atoms with Crippen LogP contribution in [0.2, 0.25) is 0 Å². The Hall–Kier alpha value is -2.07. The standard InChI is InChI=1S/C24H29IN4O2S/c1-6-29-21(13-31-20-9-7-18(8-10-20)15(2)3)27-28-24(29)32-14-22(30)26-23-16(4)11-19(25)12-17(23)5/h7-12,15H,6,13-14H2,1-5H3,(H,26,30). The van der Waals surface area contributed by atoms with Gasteiger partial charge in [-0.2, -0.15) is 0 Å². The summed E-state index contributed by atoms with van der Waals surface area (Å²) in [6, 6.07) is 12.3. The van der Waals surface area contributed by atoms with E-state index in [1.165, 1.54) is 17.3 Å². The fourth-order valence-electron chi connectivity index (χ4n) is 3.36. The summed E-state index contributed by atoms with van der Waals surface area (Å²) < 4.78 is 9.06. The maximum atomic E-state index is 12.6. The molecule has 1 amide bonds. The van der Waals surface area contributed by atoms with Gasteiger partial charge < -0.3 is 14.6 Å². The summed E-state index contributed by atoms with van der Waals surface area (Å²) in [5.74, 6) is 2.24. The molecule has 0 saturated carbocycles. The lowest BCUT2D eigenvalue weighted by molar-refractivity contribution is -0.113. The first-order chi connectivity index (χ1) is 15.3. The number of benzene rings is 2. The topological polar surface area (TPSA) is 69.0 Å². The zero-order valence-corrected chi connectivity index (χ0v) is 22.1. The van der Waals surface area contributed by atoms with Crippen LogP contribution in [0.5, 0.6) is 5.75 Å². The van der Waals surface area contributed by atoms with Gasteiger partial charge in [-0.15, -0.1) is 10.2 Å². The van der Waals surface area contributed by atoms with E-state index in [1.807, 2.05) is 37.5 Å². The minimum Gasteiger partial charge on any atom is -0.486 e. The molecule has 1 heterocycles. The molecule has 0 atom stereocenters. The summed E-state index contributed by atoms with van der Waals surface area (Å²) in [7, 11) is 0. The van der Waals surface area contributed by atoms with Gasteiger partial charge >= 0.3 is 0 Å². The lowest BCUT2D eigenvalue weighted by atomic mass is 10.0. The predicted molar refractivity (Wildman–Crippen MR) is 139 cm³/mol. The molecule has 0 radical (unpaired) electrons. The fraction of sp³-hybridized carbons (Fsp3) is 0.375. The van der Waals surface area contributed by atoms with Gasteiger partial charge in [0, 0.05) is 15.8 Å². The highest BCUT2D eigenvalue weighted by Gasteiger charge is 2.15. The van der Waals surface area contributed by atoms with Gasteiger partial charge in [0.15, 0.2) is 11.0 Å². The molecule has 0 aliphatic heterocycles. The molecule has 3 rings (SSSR count). The molecule has 3 aromatic rings. The Morgan fingerprint density at radius 2 is 1.81 bits per heavy atom. The van der Waals surface area contributed by atoms with E-state index in [1.54, 1.807) is 0 Å². The third-order valence-electron chi connectivity index (χ3n) is 5.12. The monoisotopic (exact) mass is 564 g/mol. The van der Waals surface area contributed by atoms with E-state index in [9.17, 15) is 4.79 Å². The Morgan fingerprint density at radius 1 is 1.16 bits per heavy atom. The van der Waals surface area contributed by atoms with Gasteiger partial charge in [-0.3, -0.25) is 4.79 Å². The third kappa shape index (κ3) is 6.25. The zero-order valence-electron chi connectivity index (χ0n) is 19.1. The molecule has 0 saturated heterocycles. The molecule has 0 unspecified atom stereocenters. The average Bonchev–Trinajstić information content (AvgIpc) is 3.15. The Morgan fingerprint density at radius 3 is 2.41 bits per heavy atom. The van der Waals surface area contributed by atoms with E-state index in [0.29, 0.717) is 24.2 Å². The van der Waals surface area contributed by atoms with Crippen molar-refractivity contribution in [1.82, 2.24) is 14.8 Å². The predicted octanol–water partition coefficient (Wildman–Crippen LogP) is 5.95. The van der Waals surface area contributed by atoms with Crippen LogP contribution in [0.4, 0.5) is 5.69 Å². The summed E-state index contributed by atoms with van der Waals surface area (Å²) in [6.07, 6.45) is 0. The van der Waals surface area contributed by atoms with E-state index < -0.39 is 0 Å². The summed E-state index contributed by atoms with van der Waals surface area (Å²) >= 11 is 3.67. The number of aryl methyl sites for hydroxylation is 2. The number of amides is 1. The number of aromatic nitrogens is 3. The van der Waals surface area contributed by atoms with Gasteiger partial charge in [-0.1, -0.05) is 37.7 Å². The first-order valence-electron chi connectivity index (χ1n) is 10.6. The molecule has 6 nitrogen and oxygen atoms in total. The number of anilines is 1. The van der Waals surface area contributed by atoms with Crippen LogP contribution >= 0.6 is 34.4 Å². The minimum absolute atomic E-state index is 0.0592. The Bertz CT molecular complexity index is 1060. The number of carbonyl (C=O) groups is 1. The minimum atomic E-state index is -0.0592. The number of ether oxygens (including phenoxy) is 1. The van der Waals surface area contributed by atoms with Crippen molar-refractivity contribution >= 4 is 45.9 Å². The summed E-state index contributed by atoms with van der Waals surface area (Å²) in [5, 5.41) is 12.3. The van der Waals surface area contributed by atoms with Gasteiger partial charge in [0.1, 0.15) is 12.4 Å². The van der Waals surface area contributed by atoms with Crippen LogP contribution in [0.15, 0.2) is 41.6 Å². The van der Waals surface area contributed by atoms with Crippen molar-refractivity contribution in [2.75, 3.05) is 11.1 Å². The number of nitrogens with zero attached hydrogens (tertiary/aromatic N) is 3. The Kier molecular flexibility index (Phi) is 8.58. The smallest absolute Gasteiger partial charge is 0.234 e. The van der Waals surface area contributed by atoms with Crippen LogP contribution in [0.3, 0.4) is 0 Å². The lowest BCUT2D eigenvalue weighted by Crippen LogP contribution is -2.16. The molecule has 32 heavy (non-hydrogen) atoms. The van der Waals surface area contributed by atoms with Gasteiger partial charge in [0.25, 0.3) is 0 Å². The Balaban J connectivity index is 1.59. The average molecular weight is 564 g/mol. The van der Waals surface area contributed by atoms with E-state index in [0.717, 1.165) is 32.0 Å². The van der Waals surface area contributed by atoms with Crippen molar-refractivity contribution in [3.05, 3.63) is 62.5 Å². The molecule has 8 heteroatoms. The van der Waals surface area contributed by atoms with Crippen LogP contribution in [0.1, 0.15) is 49.2 Å². The van der Waals surface area contributed by atoms with E-state index in [2.05, 4.69) is 76.2 Å². The van der Waals surface area contributed by atoms with Crippen molar-refractivity contribution in [3.63, 3.8) is 0 Å². The van der Waals surface area contributed by atoms with E-state index >= 15 is 0 Å². The van der Waals surface area contributed by atoms with Gasteiger partial charge in [0.05, 0.1) is 5.75 Å². The molecule has 170 valence electrons. The molecule has 0 aliphatic rings. The summed E-state index contributed by atoms with van der Waals surface area (Å²) in [5.41, 5.74) is 4.28. The van der Waals surface area contributed by atoms with Crippen molar-refractivity contribution in [2.45, 2.75) is 58.8 Å². The number of halogens is 1. The normalized spacial score (nSPS) is 11.1. The number of hydrogen-bond acceptors (Lipinski definition) is 5. The maximum absolute atomic E-state index is 12.6. The van der Waals surface area contributed by atoms with Crippen LogP contribution in [-0.2, 0) is 17.9 Å². The Labute approximate surface area is 207 Å². The number of carbonyl (C=O) groups excluding carboxylic acids is 1. The van der Waals surface area contributed by atoms with Crippen molar-refractivity contribution in [1.29, 1.82) is 0 Å². The second-order valence-electron chi connectivity index (χ2n) is 7.91. The highest BCUT2D eigenvalue weighted by Crippen LogP contribution is 2.25. The molecule has 0 spiro atoms. The largest absolute Gasteiger partial charge is 0.486 e. The van der Waals surface area contributed by atoms with Gasteiger partial charge in [-0.25, -0.2) is 0 Å². The first kappa shape index (κ1) is 24.6. The molecule has 2 aromatic carbocycles. The third-order valence-corrected chi connectivity index (χ3v) is 6.71. The second-order valence-corrected chi connectivity index (χ2v) is 10.1. The highest BCUT2D eigenvalue weighted by atomic mass is 127. The number of nitrogens with one attached hydrogen (secondary N) is 1. The summed E-state index contributed by atoms with van der Waals surface area (Å²) in [4.78, 5) is 12.6. The second kappa shape index (κ2) is 11.2. The van der Waals surface area contributed by atoms with Crippen molar-refractivity contribution in [3.8, 4) is 5.75 Å². The van der Waals surface area contributed by atoms with E-state index in [4.69, 9.17) is 4.74 Å². The van der Waals surface area contributed by atoms with Crippen molar-refractivity contribution in [2.24, 2.45) is 0 Å². The maximum Gasteiger partial charge on any atom is 0.234 e. The quantitative estimate of drug-likeness (QED) is 0.257. The molecule has 1 N–H and O–H groups in total. The summed E-state index contributed by atoms with van der Waals surface area (Å²) in [6.45, 7) is 11.4. The molecular weight excluding hydrogens is 535 g/mol. The molecule has 1 aromatic heterocycles. The van der Waals surface area contributed by atoms with E-state index in [-0.39, 0.29) is 11.7 Å². The molecule has 0 bridgehead atoms. The molecule has 0 aliphatic carbocycles. The van der Waals surface area contributed by atoms with Gasteiger partial charge in [0.2, 0.25) is 5.91 Å². The van der Waals surface area contributed by atoms with Crippen LogP contribution in [0.25, 0.3) is 0 Å². The first-order valence-corrected chi connectivity index (χ1v) is 12.7. The number of hydrogen-bond donors (Lipinski definition) is 1. The SMILES string of the molecule is CCn1c(COc2ccc(C(C)C)cc2)nnc1SCC(=O)Nc1c(C)cc(I)cc1C. The van der Waals surface area contributed by atoms with Crippen molar-refractivity contribution < 1.29 is 9.53 Å². The van der Waals surface area contributed by atoms with Gasteiger partial charge in [-0.05, 0) is 90.2 Å². The molecule has 0 fully saturated rings. The number of thioether (sulfide) groups is 1. The lowest BCUT2D eigenvalue weighted by Gasteiger charge is -2.12. The van der Waals surface area contributed by atoms with Crippen LogP contribution in [0, 0.1) is 17.4 Å². The van der Waals surface area contributed by atoms with Crippen LogP contribution in [-0.4, -0.2) is 26.4 Å². The zero-order chi connectivity index (χ0) is 23.3. The highest BCUT2D eigenvalue weighted by molar-refractivity contribution is 14.1. The molecular formula is C24H29IN4O2S. The fourth-order valence-corrected chi connectivity index (χ4v) is 5.12. The van der Waals surface area contributed by atoms with Crippen LogP contribution < -0.4 is 10.1 Å². The number of rotatable bonds is 9.